The predicted octanol–water partition coefficient (Wildman–Crippen LogP) is 4.31. The maximum absolute atomic E-state index is 4.57. The molecule has 0 amide bonds. The van der Waals surface area contributed by atoms with Crippen molar-refractivity contribution in [3.05, 3.63) is 47.0 Å². The summed E-state index contributed by atoms with van der Waals surface area (Å²) in [6, 6.07) is 9.71. The van der Waals surface area contributed by atoms with E-state index in [1.165, 1.54) is 50.2 Å². The molecular weight excluding hydrogens is 276 g/mol. The molecule has 2 aromatic rings. The highest BCUT2D eigenvalue weighted by atomic mass is 32.1. The summed E-state index contributed by atoms with van der Waals surface area (Å²) in [4.78, 5) is 7.18. The third-order valence-electron chi connectivity index (χ3n) is 5.14. The molecule has 4 rings (SSSR count). The minimum Gasteiger partial charge on any atom is -0.345 e. The Morgan fingerprint density at radius 1 is 1.10 bits per heavy atom. The fourth-order valence-corrected chi connectivity index (χ4v) is 4.82. The molecule has 0 bridgehead atoms. The maximum atomic E-state index is 4.57. The van der Waals surface area contributed by atoms with Gasteiger partial charge in [0.1, 0.15) is 0 Å². The number of hydrogen-bond acceptors (Lipinski definition) is 3. The van der Waals surface area contributed by atoms with E-state index >= 15 is 0 Å². The third kappa shape index (κ3) is 2.59. The number of hydrogen-bond donors (Lipinski definition) is 0. The number of fused-ring (bicyclic) bond motifs is 1. The average molecular weight is 298 g/mol. The Morgan fingerprint density at radius 3 is 2.86 bits per heavy atom. The fourth-order valence-electron chi connectivity index (χ4n) is 4.10. The fraction of sp³-hybridized carbons (Fsp3) is 0.500. The van der Waals surface area contributed by atoms with Crippen molar-refractivity contribution in [3.8, 4) is 0 Å². The number of benzene rings is 1. The highest BCUT2D eigenvalue weighted by Crippen LogP contribution is 2.36. The van der Waals surface area contributed by atoms with E-state index in [0.29, 0.717) is 6.04 Å². The SMILES string of the molecule is c1ccc2c(c1)CCC(C1CCCCN1c1nccs1)C2. The largest absolute Gasteiger partial charge is 0.345 e. The zero-order valence-electron chi connectivity index (χ0n) is 12.4. The molecule has 1 aromatic carbocycles. The second-order valence-electron chi connectivity index (χ2n) is 6.34. The van der Waals surface area contributed by atoms with Crippen molar-refractivity contribution < 1.29 is 0 Å². The lowest BCUT2D eigenvalue weighted by Gasteiger charge is -2.42. The number of thiazole rings is 1. The summed E-state index contributed by atoms with van der Waals surface area (Å²) in [5.41, 5.74) is 3.16. The van der Waals surface area contributed by atoms with E-state index in [1.807, 2.05) is 6.20 Å². The van der Waals surface area contributed by atoms with Crippen LogP contribution in [-0.4, -0.2) is 17.6 Å². The van der Waals surface area contributed by atoms with Gasteiger partial charge in [-0.05, 0) is 55.6 Å². The van der Waals surface area contributed by atoms with Crippen LogP contribution in [0.1, 0.15) is 36.8 Å². The monoisotopic (exact) mass is 298 g/mol. The van der Waals surface area contributed by atoms with Crippen LogP contribution in [0.4, 0.5) is 5.13 Å². The molecule has 2 atom stereocenters. The Kier molecular flexibility index (Phi) is 3.68. The van der Waals surface area contributed by atoms with Crippen LogP contribution >= 0.6 is 11.3 Å². The molecule has 2 nitrogen and oxygen atoms in total. The lowest BCUT2D eigenvalue weighted by Crippen LogP contribution is -2.46. The van der Waals surface area contributed by atoms with Gasteiger partial charge in [0.05, 0.1) is 0 Å². The van der Waals surface area contributed by atoms with Crippen molar-refractivity contribution in [1.82, 2.24) is 4.98 Å². The minimum atomic E-state index is 0.693. The van der Waals surface area contributed by atoms with E-state index in [4.69, 9.17) is 0 Å². The van der Waals surface area contributed by atoms with Gasteiger partial charge in [0, 0.05) is 24.2 Å². The zero-order chi connectivity index (χ0) is 14.1. The van der Waals surface area contributed by atoms with Crippen molar-refractivity contribution in [3.63, 3.8) is 0 Å². The zero-order valence-corrected chi connectivity index (χ0v) is 13.2. The molecule has 3 heteroatoms. The number of aryl methyl sites for hydroxylation is 1. The van der Waals surface area contributed by atoms with Crippen LogP contribution in [0, 0.1) is 5.92 Å². The van der Waals surface area contributed by atoms with E-state index in [1.54, 1.807) is 22.5 Å². The van der Waals surface area contributed by atoms with Crippen LogP contribution in [0.3, 0.4) is 0 Å². The first-order valence-corrected chi connectivity index (χ1v) is 9.03. The van der Waals surface area contributed by atoms with E-state index < -0.39 is 0 Å². The molecular formula is C18H22N2S. The third-order valence-corrected chi connectivity index (χ3v) is 5.95. The van der Waals surface area contributed by atoms with Crippen molar-refractivity contribution in [2.24, 2.45) is 5.92 Å². The van der Waals surface area contributed by atoms with Gasteiger partial charge in [0.15, 0.2) is 5.13 Å². The number of piperidine rings is 1. The molecule has 110 valence electrons. The Balaban J connectivity index is 1.57. The van der Waals surface area contributed by atoms with E-state index in [9.17, 15) is 0 Å². The van der Waals surface area contributed by atoms with Gasteiger partial charge in [0.2, 0.25) is 0 Å². The van der Waals surface area contributed by atoms with Crippen molar-refractivity contribution >= 4 is 16.5 Å². The molecule has 0 radical (unpaired) electrons. The summed E-state index contributed by atoms with van der Waals surface area (Å²) < 4.78 is 0. The van der Waals surface area contributed by atoms with Crippen molar-refractivity contribution in [2.45, 2.75) is 44.6 Å². The average Bonchev–Trinajstić information content (AvgIpc) is 3.09. The number of rotatable bonds is 2. The normalized spacial score (nSPS) is 25.6. The predicted molar refractivity (Wildman–Crippen MR) is 89.1 cm³/mol. The summed E-state index contributed by atoms with van der Waals surface area (Å²) in [5, 5.41) is 3.34. The van der Waals surface area contributed by atoms with Crippen LogP contribution in [0.2, 0.25) is 0 Å². The van der Waals surface area contributed by atoms with E-state index in [2.05, 4.69) is 39.5 Å². The molecule has 2 aliphatic rings. The first-order chi connectivity index (χ1) is 10.4. The van der Waals surface area contributed by atoms with Crippen molar-refractivity contribution in [2.75, 3.05) is 11.4 Å². The number of nitrogens with zero attached hydrogens (tertiary/aromatic N) is 2. The van der Waals surface area contributed by atoms with Crippen LogP contribution in [0.15, 0.2) is 35.8 Å². The first kappa shape index (κ1) is 13.3. The molecule has 1 aliphatic carbocycles. The maximum Gasteiger partial charge on any atom is 0.185 e. The molecule has 1 aliphatic heterocycles. The van der Waals surface area contributed by atoms with Crippen LogP contribution < -0.4 is 4.90 Å². The highest BCUT2D eigenvalue weighted by Gasteiger charge is 2.33. The summed E-state index contributed by atoms with van der Waals surface area (Å²) >= 11 is 1.80. The molecule has 0 spiro atoms. The topological polar surface area (TPSA) is 16.1 Å². The molecule has 2 unspecified atom stereocenters. The van der Waals surface area contributed by atoms with Gasteiger partial charge in [-0.1, -0.05) is 24.3 Å². The summed E-state index contributed by atoms with van der Waals surface area (Å²) in [6.07, 6.45) is 9.83. The van der Waals surface area contributed by atoms with Gasteiger partial charge >= 0.3 is 0 Å². The summed E-state index contributed by atoms with van der Waals surface area (Å²) in [7, 11) is 0. The Bertz CT molecular complexity index is 593. The van der Waals surface area contributed by atoms with Gasteiger partial charge in [-0.2, -0.15) is 0 Å². The van der Waals surface area contributed by atoms with E-state index in [-0.39, 0.29) is 0 Å². The highest BCUT2D eigenvalue weighted by molar-refractivity contribution is 7.13. The van der Waals surface area contributed by atoms with Crippen LogP contribution in [-0.2, 0) is 12.8 Å². The second kappa shape index (κ2) is 5.80. The van der Waals surface area contributed by atoms with E-state index in [0.717, 1.165) is 5.92 Å². The molecule has 2 heterocycles. The molecule has 0 N–H and O–H groups in total. The molecule has 21 heavy (non-hydrogen) atoms. The van der Waals surface area contributed by atoms with Crippen molar-refractivity contribution in [1.29, 1.82) is 0 Å². The van der Waals surface area contributed by atoms with Gasteiger partial charge in [-0.15, -0.1) is 11.3 Å². The second-order valence-corrected chi connectivity index (χ2v) is 7.22. The Morgan fingerprint density at radius 2 is 2.00 bits per heavy atom. The molecule has 1 saturated heterocycles. The number of aromatic nitrogens is 1. The quantitative estimate of drug-likeness (QED) is 0.821. The lowest BCUT2D eigenvalue weighted by molar-refractivity contribution is 0.308. The smallest absolute Gasteiger partial charge is 0.185 e. The van der Waals surface area contributed by atoms with Gasteiger partial charge in [0.25, 0.3) is 0 Å². The molecule has 1 aromatic heterocycles. The van der Waals surface area contributed by atoms with Gasteiger partial charge < -0.3 is 4.90 Å². The number of anilines is 1. The van der Waals surface area contributed by atoms with Crippen LogP contribution in [0.25, 0.3) is 0 Å². The summed E-state index contributed by atoms with van der Waals surface area (Å²) in [5.74, 6) is 0.795. The summed E-state index contributed by atoms with van der Waals surface area (Å²) in [6.45, 7) is 1.19. The van der Waals surface area contributed by atoms with Gasteiger partial charge in [-0.25, -0.2) is 4.98 Å². The standard InChI is InChI=1S/C18H22N2S/c1-2-6-15-13-16(9-8-14(15)5-1)17-7-3-4-11-20(17)18-19-10-12-21-18/h1-2,5-6,10,12,16-17H,3-4,7-9,11,13H2. The molecule has 0 saturated carbocycles. The lowest BCUT2D eigenvalue weighted by atomic mass is 9.77. The first-order valence-electron chi connectivity index (χ1n) is 8.15. The molecule has 1 fully saturated rings. The van der Waals surface area contributed by atoms with Gasteiger partial charge in [-0.3, -0.25) is 0 Å². The minimum absolute atomic E-state index is 0.693. The Labute approximate surface area is 130 Å². The Hall–Kier alpha value is -1.35. The van der Waals surface area contributed by atoms with Crippen LogP contribution in [0.5, 0.6) is 0 Å².